The Morgan fingerprint density at radius 1 is 0.829 bits per heavy atom. The van der Waals surface area contributed by atoms with Crippen molar-refractivity contribution < 1.29 is 0 Å². The molecule has 0 saturated heterocycles. The number of rotatable bonds is 6. The van der Waals surface area contributed by atoms with Crippen LogP contribution in [0.25, 0.3) is 39.4 Å². The molecule has 0 unspecified atom stereocenters. The van der Waals surface area contributed by atoms with Gasteiger partial charge in [-0.3, -0.25) is 9.78 Å². The molecular formula is C31H28N8O2. The van der Waals surface area contributed by atoms with Crippen LogP contribution in [0.3, 0.4) is 0 Å². The number of aromatic nitrogens is 8. The second-order valence-corrected chi connectivity index (χ2v) is 10.5. The van der Waals surface area contributed by atoms with Gasteiger partial charge in [0.15, 0.2) is 17.0 Å². The lowest BCUT2D eigenvalue weighted by Crippen LogP contribution is -2.34. The summed E-state index contributed by atoms with van der Waals surface area (Å²) in [5.74, 6) is 1.71. The largest absolute Gasteiger partial charge is 0.334 e. The van der Waals surface area contributed by atoms with E-state index in [0.717, 1.165) is 53.8 Å². The molecule has 0 aliphatic heterocycles. The van der Waals surface area contributed by atoms with Crippen molar-refractivity contribution in [1.82, 2.24) is 39.7 Å². The Morgan fingerprint density at radius 3 is 2.29 bits per heavy atom. The number of nitrogens with one attached hydrogen (secondary N) is 2. The van der Waals surface area contributed by atoms with Gasteiger partial charge in [-0.05, 0) is 52.1 Å². The van der Waals surface area contributed by atoms with Crippen LogP contribution in [-0.4, -0.2) is 39.7 Å². The summed E-state index contributed by atoms with van der Waals surface area (Å²) in [6.07, 6.45) is 5.52. The monoisotopic (exact) mass is 544 g/mol. The number of hydrogen-bond acceptors (Lipinski definition) is 6. The number of fused-ring (bicyclic) bond motifs is 1. The predicted octanol–water partition coefficient (Wildman–Crippen LogP) is 4.82. The molecule has 0 radical (unpaired) electrons. The normalized spacial score (nSPS) is 14.0. The van der Waals surface area contributed by atoms with Crippen molar-refractivity contribution in [1.29, 1.82) is 0 Å². The smallest absolute Gasteiger partial charge is 0.317 e. The van der Waals surface area contributed by atoms with Gasteiger partial charge in [0.1, 0.15) is 5.82 Å². The van der Waals surface area contributed by atoms with Crippen molar-refractivity contribution in [2.45, 2.75) is 44.6 Å². The zero-order valence-corrected chi connectivity index (χ0v) is 22.3. The van der Waals surface area contributed by atoms with E-state index < -0.39 is 5.69 Å². The Bertz CT molecular complexity index is 1930. The van der Waals surface area contributed by atoms with Crippen LogP contribution in [0.15, 0.2) is 88.5 Å². The van der Waals surface area contributed by atoms with Crippen molar-refractivity contribution in [2.75, 3.05) is 0 Å². The fraction of sp³-hybridized carbons (Fsp3) is 0.226. The van der Waals surface area contributed by atoms with E-state index in [4.69, 9.17) is 4.98 Å². The molecule has 0 atom stereocenters. The third-order valence-electron chi connectivity index (χ3n) is 7.95. The van der Waals surface area contributed by atoms with Gasteiger partial charge < -0.3 is 4.57 Å². The number of aromatic amines is 2. The van der Waals surface area contributed by atoms with E-state index in [0.29, 0.717) is 29.2 Å². The molecule has 0 amide bonds. The van der Waals surface area contributed by atoms with Gasteiger partial charge in [0.25, 0.3) is 5.56 Å². The van der Waals surface area contributed by atoms with Gasteiger partial charge in [-0.1, -0.05) is 86.0 Å². The second-order valence-electron chi connectivity index (χ2n) is 10.5. The van der Waals surface area contributed by atoms with Crippen LogP contribution in [-0.2, 0) is 6.54 Å². The Balaban J connectivity index is 1.32. The maximum Gasteiger partial charge on any atom is 0.334 e. The lowest BCUT2D eigenvalue weighted by Gasteiger charge is -2.22. The Labute approximate surface area is 234 Å². The first-order valence-corrected chi connectivity index (χ1v) is 13.9. The van der Waals surface area contributed by atoms with Gasteiger partial charge >= 0.3 is 5.69 Å². The van der Waals surface area contributed by atoms with Crippen molar-refractivity contribution >= 4 is 11.2 Å². The van der Waals surface area contributed by atoms with E-state index in [2.05, 4.69) is 49.9 Å². The molecule has 0 bridgehead atoms. The minimum Gasteiger partial charge on any atom is -0.317 e. The highest BCUT2D eigenvalue weighted by Gasteiger charge is 2.25. The number of nitrogens with zero attached hydrogens (tertiary/aromatic N) is 6. The van der Waals surface area contributed by atoms with Gasteiger partial charge in [-0.25, -0.2) is 19.4 Å². The molecule has 6 aromatic rings. The van der Waals surface area contributed by atoms with Crippen molar-refractivity contribution in [3.8, 4) is 28.2 Å². The van der Waals surface area contributed by atoms with Crippen LogP contribution in [0.4, 0.5) is 0 Å². The Hall–Kier alpha value is -5.12. The van der Waals surface area contributed by atoms with Crippen LogP contribution in [0.1, 0.15) is 49.4 Å². The molecule has 1 aliphatic carbocycles. The van der Waals surface area contributed by atoms with Crippen LogP contribution < -0.4 is 11.2 Å². The quantitative estimate of drug-likeness (QED) is 0.310. The van der Waals surface area contributed by atoms with Crippen LogP contribution in [0, 0.1) is 0 Å². The summed E-state index contributed by atoms with van der Waals surface area (Å²) in [6, 6.07) is 25.3. The van der Waals surface area contributed by atoms with E-state index in [-0.39, 0.29) is 11.5 Å². The van der Waals surface area contributed by atoms with Gasteiger partial charge in [0, 0.05) is 18.0 Å². The molecule has 3 aromatic heterocycles. The first-order valence-electron chi connectivity index (χ1n) is 13.9. The summed E-state index contributed by atoms with van der Waals surface area (Å²) in [5, 5.41) is 14.4. The summed E-state index contributed by atoms with van der Waals surface area (Å²) in [4.78, 5) is 34.7. The number of tetrazole rings is 1. The standard InChI is InChI=1S/C31H28N8O2/c40-30-26-28(33-31(41)39(30)23-11-5-2-6-12-23)32-29(22-9-3-1-4-10-22)38(26)19-20-15-17-21(18-16-20)24-13-7-8-14-25(24)27-34-36-37-35-27/h2,5-8,11-18,22H,1,3-4,9-10,19H2,(H,33,41)(H,34,35,36,37). The lowest BCUT2D eigenvalue weighted by molar-refractivity contribution is 0.420. The zero-order valence-electron chi connectivity index (χ0n) is 22.3. The molecule has 1 saturated carbocycles. The van der Waals surface area contributed by atoms with Crippen LogP contribution >= 0.6 is 0 Å². The number of imidazole rings is 1. The van der Waals surface area contributed by atoms with Crippen molar-refractivity contribution in [3.63, 3.8) is 0 Å². The third kappa shape index (κ3) is 4.57. The average Bonchev–Trinajstić information content (AvgIpc) is 3.68. The van der Waals surface area contributed by atoms with E-state index in [1.165, 1.54) is 11.0 Å². The number of para-hydroxylation sites is 1. The summed E-state index contributed by atoms with van der Waals surface area (Å²) in [6.45, 7) is 0.465. The fourth-order valence-electron chi connectivity index (χ4n) is 5.96. The van der Waals surface area contributed by atoms with E-state index in [1.54, 1.807) is 12.1 Å². The number of benzene rings is 3. The van der Waals surface area contributed by atoms with Crippen LogP contribution in [0.5, 0.6) is 0 Å². The molecule has 0 spiro atoms. The average molecular weight is 545 g/mol. The minimum absolute atomic E-state index is 0.242. The topological polar surface area (TPSA) is 127 Å². The van der Waals surface area contributed by atoms with Crippen LogP contribution in [0.2, 0.25) is 0 Å². The Morgan fingerprint density at radius 2 is 1.56 bits per heavy atom. The highest BCUT2D eigenvalue weighted by molar-refractivity contribution is 5.80. The molecular weight excluding hydrogens is 516 g/mol. The molecule has 1 fully saturated rings. The Kier molecular flexibility index (Phi) is 6.35. The summed E-state index contributed by atoms with van der Waals surface area (Å²) >= 11 is 0. The number of hydrogen-bond donors (Lipinski definition) is 2. The van der Waals surface area contributed by atoms with Crippen molar-refractivity contribution in [2.24, 2.45) is 0 Å². The predicted molar refractivity (Wildman–Crippen MR) is 156 cm³/mol. The van der Waals surface area contributed by atoms with E-state index >= 15 is 0 Å². The highest BCUT2D eigenvalue weighted by Crippen LogP contribution is 2.34. The summed E-state index contributed by atoms with van der Waals surface area (Å²) in [5.41, 5.74) is 4.42. The molecule has 204 valence electrons. The molecule has 2 N–H and O–H groups in total. The zero-order chi connectivity index (χ0) is 27.8. The molecule has 10 nitrogen and oxygen atoms in total. The molecule has 3 heterocycles. The van der Waals surface area contributed by atoms with Gasteiger partial charge in [0.2, 0.25) is 0 Å². The van der Waals surface area contributed by atoms with Crippen molar-refractivity contribution in [3.05, 3.63) is 111 Å². The fourth-order valence-corrected chi connectivity index (χ4v) is 5.96. The molecule has 1 aliphatic rings. The highest BCUT2D eigenvalue weighted by atomic mass is 16.2. The van der Waals surface area contributed by atoms with E-state index in [1.807, 2.05) is 47.0 Å². The molecule has 10 heteroatoms. The van der Waals surface area contributed by atoms with E-state index in [9.17, 15) is 9.59 Å². The molecule has 7 rings (SSSR count). The third-order valence-corrected chi connectivity index (χ3v) is 7.95. The lowest BCUT2D eigenvalue weighted by atomic mass is 9.88. The molecule has 3 aromatic carbocycles. The van der Waals surface area contributed by atoms with Gasteiger partial charge in [-0.15, -0.1) is 5.10 Å². The summed E-state index contributed by atoms with van der Waals surface area (Å²) in [7, 11) is 0. The molecule has 41 heavy (non-hydrogen) atoms. The van der Waals surface area contributed by atoms with Gasteiger partial charge in [-0.2, -0.15) is 0 Å². The maximum atomic E-state index is 13.9. The summed E-state index contributed by atoms with van der Waals surface area (Å²) < 4.78 is 3.22. The maximum absolute atomic E-state index is 13.9. The first kappa shape index (κ1) is 24.9. The number of H-pyrrole nitrogens is 2. The minimum atomic E-state index is -0.487. The second kappa shape index (κ2) is 10.5. The van der Waals surface area contributed by atoms with Gasteiger partial charge in [0.05, 0.1) is 5.69 Å². The first-order chi connectivity index (χ1) is 20.2. The SMILES string of the molecule is O=c1[nH]c2nc(C3CCCCC3)n(Cc3ccc(-c4ccccc4-c4nnn[nH]4)cc3)c2c(=O)n1-c1ccccc1.